The lowest BCUT2D eigenvalue weighted by molar-refractivity contribution is -0.302. The SMILES string of the molecule is CCCCCCCCCC/C=C\CCCCCCCCCCCCCCCCCC(=O)NC(COC1OC(CO)C(O)C(O)C1O)C(O)CCCCCCCCCCC. The lowest BCUT2D eigenvalue weighted by atomic mass is 9.99. The van der Waals surface area contributed by atoms with Gasteiger partial charge in [-0.3, -0.25) is 4.79 Å². The van der Waals surface area contributed by atoms with E-state index in [-0.39, 0.29) is 12.5 Å². The third kappa shape index (κ3) is 31.4. The Labute approximate surface area is 363 Å². The van der Waals surface area contributed by atoms with E-state index in [2.05, 4.69) is 31.3 Å². The molecule has 7 atom stereocenters. The molecule has 59 heavy (non-hydrogen) atoms. The van der Waals surface area contributed by atoms with Crippen molar-refractivity contribution in [2.24, 2.45) is 0 Å². The van der Waals surface area contributed by atoms with E-state index in [0.717, 1.165) is 38.5 Å². The van der Waals surface area contributed by atoms with Crippen molar-refractivity contribution in [3.8, 4) is 0 Å². The number of unbranched alkanes of at least 4 members (excludes halogenated alkanes) is 31. The molecular formula is C50H97NO8. The summed E-state index contributed by atoms with van der Waals surface area (Å²) in [6.45, 7) is 3.82. The summed E-state index contributed by atoms with van der Waals surface area (Å²) in [5, 5.41) is 54.2. The molecule has 1 rings (SSSR count). The van der Waals surface area contributed by atoms with E-state index < -0.39 is 49.5 Å². The number of amides is 1. The number of hydrogen-bond donors (Lipinski definition) is 6. The van der Waals surface area contributed by atoms with Gasteiger partial charge in [0.1, 0.15) is 24.4 Å². The summed E-state index contributed by atoms with van der Waals surface area (Å²) in [5.74, 6) is -0.143. The van der Waals surface area contributed by atoms with Crippen molar-refractivity contribution in [3.05, 3.63) is 12.2 Å². The Morgan fingerprint density at radius 1 is 0.559 bits per heavy atom. The Morgan fingerprint density at radius 2 is 0.949 bits per heavy atom. The maximum absolute atomic E-state index is 13.0. The fourth-order valence-electron chi connectivity index (χ4n) is 8.27. The fraction of sp³-hybridized carbons (Fsp3) is 0.940. The number of aliphatic hydroxyl groups excluding tert-OH is 5. The average molecular weight is 840 g/mol. The highest BCUT2D eigenvalue weighted by Gasteiger charge is 2.44. The third-order valence-electron chi connectivity index (χ3n) is 12.4. The van der Waals surface area contributed by atoms with Gasteiger partial charge >= 0.3 is 0 Å². The van der Waals surface area contributed by atoms with Gasteiger partial charge in [-0.05, 0) is 38.5 Å². The number of ether oxygens (including phenoxy) is 2. The van der Waals surface area contributed by atoms with Crippen LogP contribution in [-0.4, -0.2) is 87.5 Å². The van der Waals surface area contributed by atoms with Crippen LogP contribution in [0.15, 0.2) is 12.2 Å². The molecule has 0 spiro atoms. The van der Waals surface area contributed by atoms with Crippen LogP contribution in [0.1, 0.15) is 245 Å². The van der Waals surface area contributed by atoms with E-state index >= 15 is 0 Å². The second-order valence-electron chi connectivity index (χ2n) is 18.0. The lowest BCUT2D eigenvalue weighted by Gasteiger charge is -2.40. The second-order valence-corrected chi connectivity index (χ2v) is 18.0. The molecule has 1 saturated heterocycles. The van der Waals surface area contributed by atoms with Crippen molar-refractivity contribution < 1.29 is 39.8 Å². The Morgan fingerprint density at radius 3 is 1.37 bits per heavy atom. The van der Waals surface area contributed by atoms with Gasteiger partial charge in [0.05, 0.1) is 25.4 Å². The predicted molar refractivity (Wildman–Crippen MR) is 244 cm³/mol. The Hall–Kier alpha value is -1.07. The minimum atomic E-state index is -1.55. The second kappa shape index (κ2) is 41.0. The van der Waals surface area contributed by atoms with Crippen LogP contribution in [0.4, 0.5) is 0 Å². The number of aliphatic hydroxyl groups is 5. The summed E-state index contributed by atoms with van der Waals surface area (Å²) < 4.78 is 11.2. The molecule has 1 amide bonds. The van der Waals surface area contributed by atoms with Crippen molar-refractivity contribution >= 4 is 5.91 Å². The molecule has 6 N–H and O–H groups in total. The molecule has 1 heterocycles. The summed E-state index contributed by atoms with van der Waals surface area (Å²) in [5.41, 5.74) is 0. The van der Waals surface area contributed by atoms with Gasteiger partial charge in [-0.1, -0.05) is 212 Å². The van der Waals surface area contributed by atoms with Crippen LogP contribution in [0.3, 0.4) is 0 Å². The van der Waals surface area contributed by atoms with E-state index in [1.807, 2.05) is 0 Å². The minimum absolute atomic E-state index is 0.134. The maximum atomic E-state index is 13.0. The van der Waals surface area contributed by atoms with Crippen LogP contribution in [0.5, 0.6) is 0 Å². The van der Waals surface area contributed by atoms with Crippen molar-refractivity contribution in [3.63, 3.8) is 0 Å². The highest BCUT2D eigenvalue weighted by atomic mass is 16.7. The van der Waals surface area contributed by atoms with Gasteiger partial charge in [-0.2, -0.15) is 0 Å². The monoisotopic (exact) mass is 840 g/mol. The molecule has 350 valence electrons. The highest BCUT2D eigenvalue weighted by molar-refractivity contribution is 5.76. The number of carbonyl (C=O) groups excluding carboxylic acids is 1. The minimum Gasteiger partial charge on any atom is -0.394 e. The van der Waals surface area contributed by atoms with Crippen molar-refractivity contribution in [2.45, 2.75) is 288 Å². The molecule has 0 aromatic carbocycles. The first-order valence-electron chi connectivity index (χ1n) is 25.4. The molecule has 0 aliphatic carbocycles. The van der Waals surface area contributed by atoms with Gasteiger partial charge in [-0.15, -0.1) is 0 Å². The first kappa shape index (κ1) is 55.9. The molecule has 1 fully saturated rings. The lowest BCUT2D eigenvalue weighted by Crippen LogP contribution is -2.60. The van der Waals surface area contributed by atoms with Gasteiger partial charge < -0.3 is 40.3 Å². The Kier molecular flexibility index (Phi) is 38.9. The van der Waals surface area contributed by atoms with Gasteiger partial charge in [0, 0.05) is 6.42 Å². The van der Waals surface area contributed by atoms with E-state index in [0.29, 0.717) is 12.8 Å². The molecule has 0 aromatic rings. The topological polar surface area (TPSA) is 149 Å². The zero-order chi connectivity index (χ0) is 43.0. The molecule has 0 bridgehead atoms. The van der Waals surface area contributed by atoms with Gasteiger partial charge in [0.15, 0.2) is 6.29 Å². The highest BCUT2D eigenvalue weighted by Crippen LogP contribution is 2.23. The molecule has 7 unspecified atom stereocenters. The third-order valence-corrected chi connectivity index (χ3v) is 12.4. The number of rotatable bonds is 43. The number of carbonyl (C=O) groups is 1. The van der Waals surface area contributed by atoms with E-state index in [9.17, 15) is 30.3 Å². The zero-order valence-electron chi connectivity index (χ0n) is 38.5. The number of allylic oxidation sites excluding steroid dienone is 2. The molecule has 0 radical (unpaired) electrons. The largest absolute Gasteiger partial charge is 0.394 e. The summed E-state index contributed by atoms with van der Waals surface area (Å²) in [4.78, 5) is 13.0. The normalized spacial score (nSPS) is 20.7. The zero-order valence-corrected chi connectivity index (χ0v) is 38.5. The first-order valence-corrected chi connectivity index (χ1v) is 25.4. The van der Waals surface area contributed by atoms with E-state index in [4.69, 9.17) is 9.47 Å². The van der Waals surface area contributed by atoms with Crippen molar-refractivity contribution in [1.82, 2.24) is 5.32 Å². The van der Waals surface area contributed by atoms with Crippen molar-refractivity contribution in [2.75, 3.05) is 13.2 Å². The molecular weight excluding hydrogens is 743 g/mol. The number of nitrogens with one attached hydrogen (secondary N) is 1. The predicted octanol–water partition coefficient (Wildman–Crippen LogP) is 11.3. The van der Waals surface area contributed by atoms with E-state index in [1.54, 1.807) is 0 Å². The quantitative estimate of drug-likeness (QED) is 0.0263. The fourth-order valence-corrected chi connectivity index (χ4v) is 8.27. The molecule has 1 aliphatic heterocycles. The molecule has 9 heteroatoms. The smallest absolute Gasteiger partial charge is 0.220 e. The number of hydrogen-bond acceptors (Lipinski definition) is 8. The van der Waals surface area contributed by atoms with Crippen LogP contribution >= 0.6 is 0 Å². The molecule has 1 aliphatic rings. The summed E-state index contributed by atoms with van der Waals surface area (Å²) in [6.07, 6.45) is 41.1. The van der Waals surface area contributed by atoms with E-state index in [1.165, 1.54) is 180 Å². The first-order chi connectivity index (χ1) is 28.8. The van der Waals surface area contributed by atoms with Gasteiger partial charge in [0.2, 0.25) is 5.91 Å². The standard InChI is InChI=1S/C50H97NO8/c1-3-5-7-9-11-13-14-15-16-17-18-19-20-21-22-23-24-25-26-27-28-29-30-32-34-36-38-40-46(54)51-43(44(53)39-37-35-33-31-12-10-8-6-4-2)42-58-50-49(57)48(56)47(55)45(41-52)59-50/h17-18,43-45,47-50,52-53,55-57H,3-16,19-42H2,1-2H3,(H,51,54)/b18-17-. The summed E-state index contributed by atoms with van der Waals surface area (Å²) in [7, 11) is 0. The molecule has 9 nitrogen and oxygen atoms in total. The van der Waals surface area contributed by atoms with Crippen LogP contribution in [0.25, 0.3) is 0 Å². The Balaban J connectivity index is 2.13. The molecule has 0 aromatic heterocycles. The summed E-state index contributed by atoms with van der Waals surface area (Å²) >= 11 is 0. The van der Waals surface area contributed by atoms with Crippen molar-refractivity contribution in [1.29, 1.82) is 0 Å². The average Bonchev–Trinajstić information content (AvgIpc) is 3.23. The van der Waals surface area contributed by atoms with Crippen LogP contribution in [0, 0.1) is 0 Å². The van der Waals surface area contributed by atoms with Gasteiger partial charge in [0.25, 0.3) is 0 Å². The Bertz CT molecular complexity index is 935. The summed E-state index contributed by atoms with van der Waals surface area (Å²) in [6, 6.07) is -0.713. The maximum Gasteiger partial charge on any atom is 0.220 e. The van der Waals surface area contributed by atoms with Gasteiger partial charge in [-0.25, -0.2) is 0 Å². The van der Waals surface area contributed by atoms with Crippen LogP contribution in [-0.2, 0) is 14.3 Å². The van der Waals surface area contributed by atoms with Crippen LogP contribution < -0.4 is 5.32 Å². The van der Waals surface area contributed by atoms with Crippen LogP contribution in [0.2, 0.25) is 0 Å². The molecule has 0 saturated carbocycles.